The first-order valence-electron chi connectivity index (χ1n) is 5.70. The van der Waals surface area contributed by atoms with Crippen LogP contribution in [0, 0.1) is 5.92 Å². The van der Waals surface area contributed by atoms with Gasteiger partial charge in [-0.3, -0.25) is 4.79 Å². The van der Waals surface area contributed by atoms with Crippen LogP contribution in [0.15, 0.2) is 12.1 Å². The van der Waals surface area contributed by atoms with Gasteiger partial charge in [0.1, 0.15) is 11.3 Å². The predicted octanol–water partition coefficient (Wildman–Crippen LogP) is 3.83. The minimum absolute atomic E-state index is 0.0277. The summed E-state index contributed by atoms with van der Waals surface area (Å²) in [5.41, 5.74) is 0.478. The van der Waals surface area contributed by atoms with Crippen molar-refractivity contribution in [3.05, 3.63) is 22.7 Å². The highest BCUT2D eigenvalue weighted by Gasteiger charge is 2.20. The third-order valence-corrected chi connectivity index (χ3v) is 4.28. The molecule has 0 saturated carbocycles. The Morgan fingerprint density at radius 3 is 2.50 bits per heavy atom. The molecular formula is C13H18ClO3P. The molecule has 3 nitrogen and oxygen atoms in total. The molecule has 0 spiro atoms. The topological polar surface area (TPSA) is 35.5 Å². The molecule has 1 unspecified atom stereocenters. The molecule has 0 fully saturated rings. The molecule has 1 aromatic carbocycles. The molecule has 5 heteroatoms. The SMILES string of the molecule is COc1ccc(Cl)c(OC)c1C(=O)PCC(C)C. The van der Waals surface area contributed by atoms with Gasteiger partial charge in [-0.2, -0.15) is 0 Å². The van der Waals surface area contributed by atoms with Crippen molar-refractivity contribution >= 4 is 25.7 Å². The molecule has 0 aromatic heterocycles. The molecule has 1 aromatic rings. The molecule has 1 atom stereocenters. The molecule has 0 amide bonds. The van der Waals surface area contributed by atoms with Gasteiger partial charge in [0.05, 0.1) is 19.2 Å². The molecule has 0 bridgehead atoms. The summed E-state index contributed by atoms with van der Waals surface area (Å²) >= 11 is 6.04. The molecule has 0 aliphatic heterocycles. The zero-order chi connectivity index (χ0) is 13.7. The van der Waals surface area contributed by atoms with Gasteiger partial charge in [-0.1, -0.05) is 25.4 Å². The lowest BCUT2D eigenvalue weighted by molar-refractivity contribution is 0.107. The lowest BCUT2D eigenvalue weighted by Crippen LogP contribution is -2.03. The van der Waals surface area contributed by atoms with Gasteiger partial charge in [0.15, 0.2) is 11.3 Å². The van der Waals surface area contributed by atoms with Gasteiger partial charge in [0, 0.05) is 0 Å². The zero-order valence-corrected chi connectivity index (χ0v) is 12.8. The summed E-state index contributed by atoms with van der Waals surface area (Å²) in [6.45, 7) is 4.18. The minimum atomic E-state index is 0.0277. The number of carbonyl (C=O) groups excluding carboxylic acids is 1. The molecule has 0 aliphatic carbocycles. The number of carbonyl (C=O) groups is 1. The van der Waals surface area contributed by atoms with E-state index in [9.17, 15) is 4.79 Å². The van der Waals surface area contributed by atoms with E-state index in [1.54, 1.807) is 12.1 Å². The van der Waals surface area contributed by atoms with Crippen LogP contribution in [0.2, 0.25) is 5.02 Å². The Hall–Kier alpha value is -0.790. The van der Waals surface area contributed by atoms with Crippen molar-refractivity contribution in [2.45, 2.75) is 13.8 Å². The highest BCUT2D eigenvalue weighted by Crippen LogP contribution is 2.39. The Morgan fingerprint density at radius 1 is 1.33 bits per heavy atom. The van der Waals surface area contributed by atoms with E-state index in [4.69, 9.17) is 21.1 Å². The van der Waals surface area contributed by atoms with Crippen molar-refractivity contribution in [2.75, 3.05) is 20.4 Å². The van der Waals surface area contributed by atoms with E-state index in [-0.39, 0.29) is 14.1 Å². The van der Waals surface area contributed by atoms with Crippen LogP contribution in [-0.2, 0) is 0 Å². The summed E-state index contributed by atoms with van der Waals surface area (Å²) in [4.78, 5) is 12.3. The van der Waals surface area contributed by atoms with Crippen LogP contribution in [0.5, 0.6) is 11.5 Å². The Morgan fingerprint density at radius 2 is 2.00 bits per heavy atom. The highest BCUT2D eigenvalue weighted by molar-refractivity contribution is 7.58. The number of halogens is 1. The summed E-state index contributed by atoms with van der Waals surface area (Å²) < 4.78 is 10.4. The van der Waals surface area contributed by atoms with E-state index < -0.39 is 0 Å². The number of benzene rings is 1. The average Bonchev–Trinajstić information content (AvgIpc) is 2.35. The number of methoxy groups -OCH3 is 2. The first-order valence-corrected chi connectivity index (χ1v) is 7.28. The standard InChI is InChI=1S/C13H18ClO3P/c1-8(2)7-18-13(15)11-10(16-3)6-5-9(14)12(11)17-4/h5-6,8,18H,7H2,1-4H3. The van der Waals surface area contributed by atoms with E-state index in [2.05, 4.69) is 13.8 Å². The van der Waals surface area contributed by atoms with Gasteiger partial charge in [0.25, 0.3) is 0 Å². The first-order chi connectivity index (χ1) is 8.51. The Balaban J connectivity index is 3.11. The maximum absolute atomic E-state index is 12.3. The lowest BCUT2D eigenvalue weighted by atomic mass is 10.2. The van der Waals surface area contributed by atoms with Crippen molar-refractivity contribution in [3.63, 3.8) is 0 Å². The van der Waals surface area contributed by atoms with E-state index >= 15 is 0 Å². The summed E-state index contributed by atoms with van der Waals surface area (Å²) in [6, 6.07) is 3.36. The maximum Gasteiger partial charge on any atom is 0.188 e. The monoisotopic (exact) mass is 288 g/mol. The van der Waals surface area contributed by atoms with Crippen LogP contribution >= 0.6 is 20.2 Å². The van der Waals surface area contributed by atoms with Crippen LogP contribution in [0.1, 0.15) is 24.2 Å². The second-order valence-electron chi connectivity index (χ2n) is 4.26. The van der Waals surface area contributed by atoms with Crippen LogP contribution < -0.4 is 9.47 Å². The minimum Gasteiger partial charge on any atom is -0.496 e. The highest BCUT2D eigenvalue weighted by atomic mass is 35.5. The lowest BCUT2D eigenvalue weighted by Gasteiger charge is -2.14. The van der Waals surface area contributed by atoms with E-state index in [0.717, 1.165) is 6.16 Å². The average molecular weight is 289 g/mol. The summed E-state index contributed by atoms with van der Waals surface area (Å²) in [5, 5.41) is 0.427. The molecule has 0 saturated heterocycles. The molecule has 18 heavy (non-hydrogen) atoms. The van der Waals surface area contributed by atoms with Crippen molar-refractivity contribution in [1.29, 1.82) is 0 Å². The molecule has 0 radical (unpaired) electrons. The Labute approximate surface area is 115 Å². The van der Waals surface area contributed by atoms with Gasteiger partial charge < -0.3 is 9.47 Å². The Kier molecular flexibility index (Phi) is 5.90. The largest absolute Gasteiger partial charge is 0.496 e. The van der Waals surface area contributed by atoms with Gasteiger partial charge >= 0.3 is 0 Å². The quantitative estimate of drug-likeness (QED) is 0.746. The van der Waals surface area contributed by atoms with Crippen molar-refractivity contribution in [2.24, 2.45) is 5.92 Å². The summed E-state index contributed by atoms with van der Waals surface area (Å²) in [5.74, 6) is 1.40. The van der Waals surface area contributed by atoms with Crippen molar-refractivity contribution < 1.29 is 14.3 Å². The first kappa shape index (κ1) is 15.3. The van der Waals surface area contributed by atoms with Crippen molar-refractivity contribution in [1.82, 2.24) is 0 Å². The van der Waals surface area contributed by atoms with Crippen LogP contribution in [0.4, 0.5) is 0 Å². The fourth-order valence-electron chi connectivity index (χ4n) is 1.51. The fraction of sp³-hybridized carbons (Fsp3) is 0.462. The normalized spacial score (nSPS) is 11.2. The fourth-order valence-corrected chi connectivity index (χ4v) is 2.75. The van der Waals surface area contributed by atoms with Gasteiger partial charge in [0.2, 0.25) is 0 Å². The molecule has 0 heterocycles. The Bertz CT molecular complexity index is 432. The third kappa shape index (κ3) is 3.60. The second kappa shape index (κ2) is 6.96. The summed E-state index contributed by atoms with van der Waals surface area (Å²) in [7, 11) is 3.24. The van der Waals surface area contributed by atoms with E-state index in [1.165, 1.54) is 14.2 Å². The molecular weight excluding hydrogens is 271 g/mol. The second-order valence-corrected chi connectivity index (χ2v) is 5.88. The number of ether oxygens (including phenoxy) is 2. The van der Waals surface area contributed by atoms with Gasteiger partial charge in [-0.25, -0.2) is 0 Å². The van der Waals surface area contributed by atoms with Crippen molar-refractivity contribution in [3.8, 4) is 11.5 Å². The maximum atomic E-state index is 12.3. The number of hydrogen-bond acceptors (Lipinski definition) is 3. The summed E-state index contributed by atoms with van der Waals surface area (Å²) in [6.07, 6.45) is 0.859. The number of hydrogen-bond donors (Lipinski definition) is 0. The van der Waals surface area contributed by atoms with Gasteiger partial charge in [-0.05, 0) is 32.8 Å². The molecule has 1 rings (SSSR count). The third-order valence-electron chi connectivity index (χ3n) is 2.39. The van der Waals surface area contributed by atoms with Gasteiger partial charge in [-0.15, -0.1) is 0 Å². The molecule has 100 valence electrons. The van der Waals surface area contributed by atoms with Crippen LogP contribution in [0.3, 0.4) is 0 Å². The van der Waals surface area contributed by atoms with Crippen LogP contribution in [-0.4, -0.2) is 25.9 Å². The number of rotatable bonds is 6. The zero-order valence-electron chi connectivity index (χ0n) is 11.0. The molecule has 0 N–H and O–H groups in total. The van der Waals surface area contributed by atoms with E-state index in [1.807, 2.05) is 0 Å². The van der Waals surface area contributed by atoms with Crippen LogP contribution in [0.25, 0.3) is 0 Å². The predicted molar refractivity (Wildman–Crippen MR) is 76.9 cm³/mol. The smallest absolute Gasteiger partial charge is 0.188 e. The van der Waals surface area contributed by atoms with E-state index in [0.29, 0.717) is 28.0 Å². The molecule has 0 aliphatic rings.